The minimum atomic E-state index is 0.364. The molecule has 0 spiro atoms. The fourth-order valence-electron chi connectivity index (χ4n) is 2.26. The fourth-order valence-corrected chi connectivity index (χ4v) is 2.26. The van der Waals surface area contributed by atoms with Gasteiger partial charge in [0.15, 0.2) is 0 Å². The van der Waals surface area contributed by atoms with Crippen LogP contribution < -0.4 is 0 Å². The maximum Gasteiger partial charge on any atom is 0.149 e. The number of hydrogen-bond donors (Lipinski definition) is 0. The van der Waals surface area contributed by atoms with Crippen LogP contribution in [0.2, 0.25) is 0 Å². The molecule has 1 saturated carbocycles. The third-order valence-corrected chi connectivity index (χ3v) is 3.46. The van der Waals surface area contributed by atoms with E-state index in [1.165, 1.54) is 12.8 Å². The first-order valence-corrected chi connectivity index (χ1v) is 6.74. The Kier molecular flexibility index (Phi) is 2.73. The van der Waals surface area contributed by atoms with E-state index >= 15 is 0 Å². The van der Waals surface area contributed by atoms with Gasteiger partial charge in [-0.15, -0.1) is 0 Å². The summed E-state index contributed by atoms with van der Waals surface area (Å²) in [4.78, 5) is 0. The van der Waals surface area contributed by atoms with Crippen molar-refractivity contribution in [2.75, 3.05) is 0 Å². The number of rotatable bonds is 4. The van der Waals surface area contributed by atoms with Gasteiger partial charge in [0.05, 0.1) is 17.0 Å². The van der Waals surface area contributed by atoms with Gasteiger partial charge in [-0.3, -0.25) is 4.68 Å². The van der Waals surface area contributed by atoms with Crippen molar-refractivity contribution in [3.63, 3.8) is 0 Å². The highest BCUT2D eigenvalue weighted by molar-refractivity contribution is 5.65. The Morgan fingerprint density at radius 2 is 2.22 bits per heavy atom. The molecule has 0 unspecified atom stereocenters. The molecule has 0 aromatic carbocycles. The largest absolute Gasteiger partial charge is 0.360 e. The van der Waals surface area contributed by atoms with Crippen molar-refractivity contribution in [3.05, 3.63) is 23.7 Å². The van der Waals surface area contributed by atoms with Gasteiger partial charge in [0.25, 0.3) is 0 Å². The van der Waals surface area contributed by atoms with Crippen molar-refractivity contribution < 1.29 is 4.52 Å². The molecular weight excluding hydrogens is 226 g/mol. The normalized spacial score (nSPS) is 15.6. The topological polar surface area (TPSA) is 43.9 Å². The van der Waals surface area contributed by atoms with E-state index in [9.17, 15) is 0 Å². The molecule has 0 atom stereocenters. The first-order valence-electron chi connectivity index (χ1n) is 6.74. The molecule has 0 bridgehead atoms. The van der Waals surface area contributed by atoms with Crippen molar-refractivity contribution in [2.24, 2.45) is 0 Å². The highest BCUT2D eigenvalue weighted by Crippen LogP contribution is 2.46. The summed E-state index contributed by atoms with van der Waals surface area (Å²) in [6.45, 7) is 7.28. The van der Waals surface area contributed by atoms with Gasteiger partial charge in [-0.2, -0.15) is 5.10 Å². The summed E-state index contributed by atoms with van der Waals surface area (Å²) < 4.78 is 7.53. The maximum absolute atomic E-state index is 5.58. The minimum Gasteiger partial charge on any atom is -0.360 e. The lowest BCUT2D eigenvalue weighted by Crippen LogP contribution is -1.96. The zero-order chi connectivity index (χ0) is 12.7. The van der Waals surface area contributed by atoms with Crippen molar-refractivity contribution in [1.82, 2.24) is 14.9 Å². The van der Waals surface area contributed by atoms with Crippen LogP contribution in [0.15, 0.2) is 16.8 Å². The van der Waals surface area contributed by atoms with E-state index in [0.29, 0.717) is 11.8 Å². The first-order chi connectivity index (χ1) is 8.70. The van der Waals surface area contributed by atoms with Crippen LogP contribution in [-0.2, 0) is 6.54 Å². The average Bonchev–Trinajstić information content (AvgIpc) is 2.94. The van der Waals surface area contributed by atoms with Crippen molar-refractivity contribution in [3.8, 4) is 11.3 Å². The lowest BCUT2D eigenvalue weighted by Gasteiger charge is -2.03. The van der Waals surface area contributed by atoms with Crippen LogP contribution in [0, 0.1) is 0 Å². The van der Waals surface area contributed by atoms with E-state index in [0.717, 1.165) is 29.3 Å². The summed E-state index contributed by atoms with van der Waals surface area (Å²) in [6.07, 6.45) is 4.45. The van der Waals surface area contributed by atoms with Crippen LogP contribution in [0.5, 0.6) is 0 Å². The van der Waals surface area contributed by atoms with Crippen LogP contribution in [0.4, 0.5) is 0 Å². The summed E-state index contributed by atoms with van der Waals surface area (Å²) in [6, 6.07) is 2.06. The second-order valence-electron chi connectivity index (χ2n) is 5.29. The Labute approximate surface area is 107 Å². The molecule has 0 N–H and O–H groups in total. The van der Waals surface area contributed by atoms with Gasteiger partial charge in [-0.1, -0.05) is 19.0 Å². The summed E-state index contributed by atoms with van der Waals surface area (Å²) in [5.74, 6) is 1.97. The first kappa shape index (κ1) is 11.5. The van der Waals surface area contributed by atoms with Crippen molar-refractivity contribution >= 4 is 0 Å². The Hall–Kier alpha value is -1.58. The Morgan fingerprint density at radius 3 is 2.78 bits per heavy atom. The highest BCUT2D eigenvalue weighted by atomic mass is 16.5. The van der Waals surface area contributed by atoms with Gasteiger partial charge >= 0.3 is 0 Å². The minimum absolute atomic E-state index is 0.364. The van der Waals surface area contributed by atoms with Crippen LogP contribution in [0.1, 0.15) is 56.9 Å². The summed E-state index contributed by atoms with van der Waals surface area (Å²) >= 11 is 0. The monoisotopic (exact) mass is 245 g/mol. The van der Waals surface area contributed by atoms with E-state index < -0.39 is 0 Å². The molecule has 0 aliphatic heterocycles. The zero-order valence-electron chi connectivity index (χ0n) is 11.2. The highest BCUT2D eigenvalue weighted by Gasteiger charge is 2.34. The number of aryl methyl sites for hydroxylation is 1. The molecule has 18 heavy (non-hydrogen) atoms. The summed E-state index contributed by atoms with van der Waals surface area (Å²) in [5.41, 5.74) is 3.18. The van der Waals surface area contributed by atoms with E-state index in [1.807, 2.05) is 10.9 Å². The quantitative estimate of drug-likeness (QED) is 0.827. The summed E-state index contributed by atoms with van der Waals surface area (Å²) in [7, 11) is 0. The predicted octanol–water partition coefficient (Wildman–Crippen LogP) is 3.56. The molecule has 0 radical (unpaired) electrons. The second kappa shape index (κ2) is 4.26. The second-order valence-corrected chi connectivity index (χ2v) is 5.29. The van der Waals surface area contributed by atoms with E-state index in [-0.39, 0.29) is 0 Å². The molecule has 4 nitrogen and oxygen atoms in total. The molecule has 1 aliphatic carbocycles. The smallest absolute Gasteiger partial charge is 0.149 e. The molecule has 1 fully saturated rings. The van der Waals surface area contributed by atoms with Crippen LogP contribution in [0.3, 0.4) is 0 Å². The van der Waals surface area contributed by atoms with Gasteiger partial charge in [-0.05, 0) is 31.7 Å². The Bertz CT molecular complexity index is 530. The fraction of sp³-hybridized carbons (Fsp3) is 0.571. The molecule has 3 rings (SSSR count). The molecule has 96 valence electrons. The maximum atomic E-state index is 5.58. The van der Waals surface area contributed by atoms with Gasteiger partial charge < -0.3 is 4.52 Å². The molecule has 2 heterocycles. The van der Waals surface area contributed by atoms with Crippen LogP contribution >= 0.6 is 0 Å². The molecule has 2 aromatic heterocycles. The van der Waals surface area contributed by atoms with E-state index in [4.69, 9.17) is 4.52 Å². The van der Waals surface area contributed by atoms with Gasteiger partial charge in [0, 0.05) is 18.7 Å². The summed E-state index contributed by atoms with van der Waals surface area (Å²) in [5, 5.41) is 8.87. The number of nitrogens with zero attached hydrogens (tertiary/aromatic N) is 3. The van der Waals surface area contributed by atoms with Gasteiger partial charge in [-0.25, -0.2) is 0 Å². The third-order valence-electron chi connectivity index (χ3n) is 3.46. The molecular formula is C14H19N3O. The van der Waals surface area contributed by atoms with Crippen molar-refractivity contribution in [1.29, 1.82) is 0 Å². The van der Waals surface area contributed by atoms with E-state index in [2.05, 4.69) is 37.1 Å². The van der Waals surface area contributed by atoms with Gasteiger partial charge in [0.2, 0.25) is 0 Å². The molecule has 0 amide bonds. The Morgan fingerprint density at radius 1 is 1.44 bits per heavy atom. The molecule has 4 heteroatoms. The lowest BCUT2D eigenvalue weighted by molar-refractivity contribution is 0.376. The number of hydrogen-bond acceptors (Lipinski definition) is 3. The average molecular weight is 245 g/mol. The molecule has 2 aromatic rings. The molecule has 0 saturated heterocycles. The predicted molar refractivity (Wildman–Crippen MR) is 69.5 cm³/mol. The van der Waals surface area contributed by atoms with Crippen LogP contribution in [-0.4, -0.2) is 14.9 Å². The standard InChI is InChI=1S/C14H19N3O/c1-4-17-8-7-11(15-17)12-13(9(2)3)16-18-14(12)10-5-6-10/h7-10H,4-6H2,1-3H3. The van der Waals surface area contributed by atoms with Crippen LogP contribution in [0.25, 0.3) is 11.3 Å². The molecule has 1 aliphatic rings. The third kappa shape index (κ3) is 1.85. The number of aromatic nitrogens is 3. The SMILES string of the molecule is CCn1ccc(-c2c(C(C)C)noc2C2CC2)n1. The van der Waals surface area contributed by atoms with Gasteiger partial charge in [0.1, 0.15) is 5.76 Å². The van der Waals surface area contributed by atoms with E-state index in [1.54, 1.807) is 0 Å². The van der Waals surface area contributed by atoms with Crippen molar-refractivity contribution in [2.45, 2.75) is 52.0 Å². The lowest BCUT2D eigenvalue weighted by atomic mass is 10.0. The zero-order valence-corrected chi connectivity index (χ0v) is 11.2. The Balaban J connectivity index is 2.09.